The third-order valence-electron chi connectivity index (χ3n) is 13.4. The van der Waals surface area contributed by atoms with Crippen molar-refractivity contribution in [1.82, 2.24) is 54.1 Å². The number of nitrogens with zero attached hydrogens (tertiary/aromatic N) is 10. The molecule has 0 spiro atoms. The summed E-state index contributed by atoms with van der Waals surface area (Å²) in [5.41, 5.74) is 6.82. The summed E-state index contributed by atoms with van der Waals surface area (Å²) in [5.74, 6) is 1.65. The normalized spacial score (nSPS) is 20.0. The summed E-state index contributed by atoms with van der Waals surface area (Å²) < 4.78 is 44.3. The van der Waals surface area contributed by atoms with Crippen LogP contribution in [0.25, 0.3) is 11.3 Å². The molecule has 4 aromatic heterocycles. The summed E-state index contributed by atoms with van der Waals surface area (Å²) in [6.45, 7) is 19.6. The Morgan fingerprint density at radius 1 is 0.603 bits per heavy atom. The number of aromatic nitrogens is 8. The molecule has 2 aromatic carbocycles. The van der Waals surface area contributed by atoms with Crippen LogP contribution in [0, 0.1) is 0 Å². The number of sulfonamides is 1. The maximum Gasteiger partial charge on any atom is 0.322 e. The Kier molecular flexibility index (Phi) is 14.6. The Balaban J connectivity index is 0.000000171. The summed E-state index contributed by atoms with van der Waals surface area (Å²) in [5, 5.41) is 22.9. The fourth-order valence-electron chi connectivity index (χ4n) is 9.38. The van der Waals surface area contributed by atoms with Crippen molar-refractivity contribution in [2.75, 3.05) is 67.9 Å². The quantitative estimate of drug-likeness (QED) is 0.0814. The molecule has 4 aliphatic rings. The Morgan fingerprint density at radius 3 is 1.59 bits per heavy atom. The lowest BCUT2D eigenvalue weighted by molar-refractivity contribution is 0.153. The van der Waals surface area contributed by atoms with E-state index in [1.807, 2.05) is 36.0 Å². The lowest BCUT2D eigenvalue weighted by atomic mass is 10.0. The van der Waals surface area contributed by atoms with Crippen molar-refractivity contribution >= 4 is 38.9 Å². The zero-order chi connectivity index (χ0) is 47.4. The van der Waals surface area contributed by atoms with Gasteiger partial charge in [0.15, 0.2) is 11.3 Å². The molecule has 364 valence electrons. The van der Waals surface area contributed by atoms with Gasteiger partial charge in [-0.3, -0.25) is 0 Å². The van der Waals surface area contributed by atoms with Gasteiger partial charge in [-0.15, -0.1) is 0 Å². The van der Waals surface area contributed by atoms with Crippen LogP contribution in [0.15, 0.2) is 65.8 Å². The van der Waals surface area contributed by atoms with Gasteiger partial charge in [0, 0.05) is 56.1 Å². The zero-order valence-corrected chi connectivity index (χ0v) is 41.2. The van der Waals surface area contributed by atoms with Crippen molar-refractivity contribution in [2.45, 2.75) is 128 Å². The minimum atomic E-state index is -3.58. The first kappa shape index (κ1) is 47.4. The van der Waals surface area contributed by atoms with Crippen LogP contribution in [-0.4, -0.2) is 116 Å². The SMILES string of the molecule is CC(C)c1cnn2c(NC(C)c3ccccc3N3CCC3)nc(O[C@@H]3CCCNC3)nc12.CC(C)c1cnn2c(NC(C)c3ccccc3S(=O)(=O)N3CCCC3)nc(O[C@@H]3CCCNC3)nc12. The topological polar surface area (TPSA) is 193 Å². The zero-order valence-electron chi connectivity index (χ0n) is 40.4. The molecule has 0 amide bonds. The average molecular weight is 949 g/mol. The number of fused-ring (bicyclic) bond motifs is 2. The van der Waals surface area contributed by atoms with Crippen molar-refractivity contribution < 1.29 is 17.9 Å². The number of anilines is 3. The van der Waals surface area contributed by atoms with Crippen molar-refractivity contribution in [3.05, 3.63) is 83.2 Å². The second-order valence-corrected chi connectivity index (χ2v) is 21.0. The van der Waals surface area contributed by atoms with Gasteiger partial charge < -0.3 is 35.6 Å². The van der Waals surface area contributed by atoms with Crippen molar-refractivity contribution in [3.63, 3.8) is 0 Å². The highest BCUT2D eigenvalue weighted by Gasteiger charge is 2.31. The first-order chi connectivity index (χ1) is 32.9. The molecular weight excluding hydrogens is 881 g/mol. The van der Waals surface area contributed by atoms with Crippen molar-refractivity contribution in [3.8, 4) is 12.0 Å². The van der Waals surface area contributed by atoms with E-state index < -0.39 is 10.0 Å². The van der Waals surface area contributed by atoms with E-state index in [2.05, 4.69) is 100 Å². The fourth-order valence-corrected chi connectivity index (χ4v) is 11.2. The molecule has 4 aliphatic heterocycles. The van der Waals surface area contributed by atoms with Crippen LogP contribution in [-0.2, 0) is 10.0 Å². The van der Waals surface area contributed by atoms with Crippen molar-refractivity contribution in [1.29, 1.82) is 0 Å². The second-order valence-electron chi connectivity index (χ2n) is 19.1. The largest absolute Gasteiger partial charge is 0.459 e. The molecule has 2 unspecified atom stereocenters. The smallest absolute Gasteiger partial charge is 0.322 e. The molecule has 4 N–H and O–H groups in total. The molecule has 0 saturated carbocycles. The molecule has 18 nitrogen and oxygen atoms in total. The van der Waals surface area contributed by atoms with Gasteiger partial charge in [-0.2, -0.15) is 43.5 Å². The van der Waals surface area contributed by atoms with E-state index in [9.17, 15) is 8.42 Å². The summed E-state index contributed by atoms with van der Waals surface area (Å²) >= 11 is 0. The highest BCUT2D eigenvalue weighted by molar-refractivity contribution is 7.89. The Morgan fingerprint density at radius 2 is 1.10 bits per heavy atom. The first-order valence-electron chi connectivity index (χ1n) is 24.7. The molecule has 0 bridgehead atoms. The van der Waals surface area contributed by atoms with Gasteiger partial charge >= 0.3 is 12.0 Å². The van der Waals surface area contributed by atoms with E-state index in [0.29, 0.717) is 59.0 Å². The molecule has 6 aromatic rings. The third kappa shape index (κ3) is 10.4. The van der Waals surface area contributed by atoms with Gasteiger partial charge in [0.2, 0.25) is 21.9 Å². The Bertz CT molecular complexity index is 2760. The lowest BCUT2D eigenvalue weighted by Crippen LogP contribution is -2.38. The van der Waals surface area contributed by atoms with Gasteiger partial charge in [-0.05, 0) is 107 Å². The minimum Gasteiger partial charge on any atom is -0.459 e. The first-order valence-corrected chi connectivity index (χ1v) is 26.1. The number of hydrogen-bond donors (Lipinski definition) is 4. The summed E-state index contributed by atoms with van der Waals surface area (Å²) in [6.07, 6.45) is 10.9. The number of hydrogen-bond acceptors (Lipinski definition) is 15. The minimum absolute atomic E-state index is 0.00299. The number of nitrogens with one attached hydrogen (secondary N) is 4. The van der Waals surface area contributed by atoms with Crippen LogP contribution in [0.1, 0.15) is 133 Å². The molecule has 4 saturated heterocycles. The molecule has 4 atom stereocenters. The van der Waals surface area contributed by atoms with Crippen LogP contribution >= 0.6 is 0 Å². The predicted octanol–water partition coefficient (Wildman–Crippen LogP) is 7.10. The Labute approximate surface area is 400 Å². The second kappa shape index (κ2) is 20.9. The van der Waals surface area contributed by atoms with E-state index in [1.165, 1.54) is 17.7 Å². The molecule has 4 fully saturated rings. The molecule has 10 rings (SSSR count). The van der Waals surface area contributed by atoms with E-state index >= 15 is 0 Å². The molecule has 68 heavy (non-hydrogen) atoms. The maximum absolute atomic E-state index is 13.4. The number of ether oxygens (including phenoxy) is 2. The van der Waals surface area contributed by atoms with Gasteiger partial charge in [0.1, 0.15) is 12.2 Å². The van der Waals surface area contributed by atoms with E-state index in [-0.39, 0.29) is 30.2 Å². The van der Waals surface area contributed by atoms with Crippen LogP contribution in [0.5, 0.6) is 12.0 Å². The maximum atomic E-state index is 13.4. The monoisotopic (exact) mass is 949 g/mol. The predicted molar refractivity (Wildman–Crippen MR) is 265 cm³/mol. The average Bonchev–Trinajstić information content (AvgIpc) is 4.12. The standard InChI is InChI=1S/C25H35N7O3S.C24H33N7O/c1-17(2)21-16-27-32-23(21)29-25(35-19-9-8-12-26-15-19)30-24(32)28-18(3)20-10-4-5-11-22(20)36(33,34)31-13-6-7-14-31;1-16(2)20-15-26-31-22(20)28-24(32-18-8-6-11-25-14-18)29-23(31)27-17(3)19-9-4-5-10-21(19)30-12-7-13-30/h4-5,10-11,16-19,26H,6-9,12-15H2,1-3H3,(H,28,29,30);4-5,9-10,15-18,25H,6-8,11-14H2,1-3H3,(H,27,28,29)/t18?,19-;17?,18-/m11/s1. The number of rotatable bonds is 15. The number of benzene rings is 2. The summed E-state index contributed by atoms with van der Waals surface area (Å²) in [6, 6.07) is 16.2. The molecular formula is C49H68N14O4S. The van der Waals surface area contributed by atoms with Gasteiger partial charge in [-0.25, -0.2) is 8.42 Å². The summed E-state index contributed by atoms with van der Waals surface area (Å²) in [4.78, 5) is 21.6. The van der Waals surface area contributed by atoms with Crippen LogP contribution in [0.2, 0.25) is 0 Å². The highest BCUT2D eigenvalue weighted by atomic mass is 32.2. The molecule has 0 aliphatic carbocycles. The van der Waals surface area contributed by atoms with E-state index in [1.54, 1.807) is 21.0 Å². The number of para-hydroxylation sites is 1. The molecule has 19 heteroatoms. The van der Waals surface area contributed by atoms with Crippen LogP contribution in [0.4, 0.5) is 17.6 Å². The summed E-state index contributed by atoms with van der Waals surface area (Å²) in [7, 11) is -3.58. The van der Waals surface area contributed by atoms with E-state index in [0.717, 1.165) is 94.6 Å². The number of piperidine rings is 2. The molecule has 0 radical (unpaired) electrons. The molecule has 8 heterocycles. The van der Waals surface area contributed by atoms with Gasteiger partial charge in [0.25, 0.3) is 0 Å². The van der Waals surface area contributed by atoms with E-state index in [4.69, 9.17) is 24.4 Å². The van der Waals surface area contributed by atoms with Crippen molar-refractivity contribution in [2.24, 2.45) is 0 Å². The highest BCUT2D eigenvalue weighted by Crippen LogP contribution is 2.34. The third-order valence-corrected chi connectivity index (χ3v) is 15.4. The Hall–Kier alpha value is -5.63. The lowest BCUT2D eigenvalue weighted by Gasteiger charge is -2.36. The van der Waals surface area contributed by atoms with Crippen LogP contribution < -0.4 is 35.6 Å². The van der Waals surface area contributed by atoms with Crippen LogP contribution in [0.3, 0.4) is 0 Å². The van der Waals surface area contributed by atoms with Gasteiger partial charge in [0.05, 0.1) is 29.4 Å². The fraction of sp³-hybridized carbons (Fsp3) is 0.551. The van der Waals surface area contributed by atoms with Gasteiger partial charge in [-0.1, -0.05) is 64.1 Å².